The van der Waals surface area contributed by atoms with Crippen molar-refractivity contribution in [1.29, 1.82) is 0 Å². The van der Waals surface area contributed by atoms with Crippen molar-refractivity contribution >= 4 is 46.4 Å². The molecule has 0 amide bonds. The van der Waals surface area contributed by atoms with Crippen LogP contribution < -0.4 is 9.47 Å². The van der Waals surface area contributed by atoms with Crippen LogP contribution in [-0.2, 0) is 27.2 Å². The third kappa shape index (κ3) is 7.60. The van der Waals surface area contributed by atoms with E-state index in [1.807, 2.05) is 6.07 Å². The van der Waals surface area contributed by atoms with Gasteiger partial charge < -0.3 is 19.3 Å². The smallest absolute Gasteiger partial charge is 0.336 e. The molecule has 8 nitrogen and oxygen atoms in total. The van der Waals surface area contributed by atoms with Crippen LogP contribution in [0.25, 0.3) is 17.0 Å². The Hall–Kier alpha value is -5.34. The molecule has 0 unspecified atom stereocenters. The number of aromatic nitrogens is 1. The minimum absolute atomic E-state index is 0.0249. The minimum Gasteiger partial charge on any atom is -0.508 e. The van der Waals surface area contributed by atoms with Crippen molar-refractivity contribution < 1.29 is 33.7 Å². The fourth-order valence-corrected chi connectivity index (χ4v) is 5.02. The van der Waals surface area contributed by atoms with Gasteiger partial charge in [0.25, 0.3) is 5.91 Å². The number of phenols is 1. The van der Waals surface area contributed by atoms with E-state index in [1.165, 1.54) is 18.2 Å². The maximum absolute atomic E-state index is 13.5. The van der Waals surface area contributed by atoms with Gasteiger partial charge in [0.15, 0.2) is 0 Å². The lowest BCUT2D eigenvalue weighted by molar-refractivity contribution is -0.142. The second kappa shape index (κ2) is 14.0. The van der Waals surface area contributed by atoms with Crippen LogP contribution in [0.3, 0.4) is 0 Å². The summed E-state index contributed by atoms with van der Waals surface area (Å²) in [5.41, 5.74) is 4.10. The fraction of sp³-hybridized carbons (Fsp3) is 0.139. The number of nitrogens with zero attached hydrogens (tertiary/aromatic N) is 1. The summed E-state index contributed by atoms with van der Waals surface area (Å²) >= 11 is 6.01. The van der Waals surface area contributed by atoms with Crippen LogP contribution in [0.5, 0.6) is 17.2 Å². The lowest BCUT2D eigenvalue weighted by atomic mass is 10.1. The van der Waals surface area contributed by atoms with Gasteiger partial charge in [-0.3, -0.25) is 14.2 Å². The summed E-state index contributed by atoms with van der Waals surface area (Å²) in [4.78, 5) is 38.6. The summed E-state index contributed by atoms with van der Waals surface area (Å²) in [5.74, 6) is -0.0598. The van der Waals surface area contributed by atoms with Gasteiger partial charge in [0.1, 0.15) is 17.2 Å². The van der Waals surface area contributed by atoms with Crippen molar-refractivity contribution in [3.05, 3.63) is 130 Å². The first-order chi connectivity index (χ1) is 21.7. The SMILES string of the molecule is COc1ccc2c(c1)c(CC(=O)OCCc1ccc(OC(=O)/C=C/c3ccc(O)cc3)cc1)c(C)n2C(=O)c1ccc(Cl)cc1. The molecule has 0 radical (unpaired) electrons. The topological polar surface area (TPSA) is 104 Å². The number of methoxy groups -OCH3 is 1. The van der Waals surface area contributed by atoms with E-state index in [1.54, 1.807) is 97.5 Å². The summed E-state index contributed by atoms with van der Waals surface area (Å²) in [5, 5.41) is 10.6. The Morgan fingerprint density at radius 2 is 1.58 bits per heavy atom. The molecule has 4 aromatic carbocycles. The lowest BCUT2D eigenvalue weighted by Gasteiger charge is -2.08. The number of halogens is 1. The monoisotopic (exact) mass is 623 g/mol. The summed E-state index contributed by atoms with van der Waals surface area (Å²) in [7, 11) is 1.56. The van der Waals surface area contributed by atoms with E-state index >= 15 is 0 Å². The highest BCUT2D eigenvalue weighted by Gasteiger charge is 2.22. The number of fused-ring (bicyclic) bond motifs is 1. The van der Waals surface area contributed by atoms with Crippen molar-refractivity contribution in [2.45, 2.75) is 19.8 Å². The van der Waals surface area contributed by atoms with Gasteiger partial charge in [-0.15, -0.1) is 0 Å². The van der Waals surface area contributed by atoms with Crippen LogP contribution in [0, 0.1) is 6.92 Å². The van der Waals surface area contributed by atoms with Gasteiger partial charge in [-0.2, -0.15) is 0 Å². The number of esters is 2. The Balaban J connectivity index is 1.20. The molecule has 1 heterocycles. The Morgan fingerprint density at radius 1 is 0.889 bits per heavy atom. The highest BCUT2D eigenvalue weighted by atomic mass is 35.5. The van der Waals surface area contributed by atoms with Gasteiger partial charge in [0.05, 0.1) is 25.7 Å². The third-order valence-electron chi connectivity index (χ3n) is 7.26. The Bertz CT molecular complexity index is 1870. The van der Waals surface area contributed by atoms with Crippen LogP contribution in [0.1, 0.15) is 32.7 Å². The van der Waals surface area contributed by atoms with E-state index in [2.05, 4.69) is 0 Å². The molecule has 5 aromatic rings. The van der Waals surface area contributed by atoms with Crippen LogP contribution in [-0.4, -0.2) is 41.2 Å². The van der Waals surface area contributed by atoms with E-state index < -0.39 is 11.9 Å². The molecule has 1 N–H and O–H groups in total. The molecule has 0 saturated carbocycles. The molecular weight excluding hydrogens is 594 g/mol. The molecule has 1 aromatic heterocycles. The van der Waals surface area contributed by atoms with Gasteiger partial charge in [0.2, 0.25) is 0 Å². The van der Waals surface area contributed by atoms with Gasteiger partial charge >= 0.3 is 11.9 Å². The first-order valence-corrected chi connectivity index (χ1v) is 14.5. The van der Waals surface area contributed by atoms with Crippen molar-refractivity contribution in [3.8, 4) is 17.2 Å². The summed E-state index contributed by atoms with van der Waals surface area (Å²) in [6, 6.07) is 25.4. The molecule has 0 bridgehead atoms. The molecule has 228 valence electrons. The number of rotatable bonds is 10. The molecule has 0 aliphatic rings. The Morgan fingerprint density at radius 3 is 2.27 bits per heavy atom. The summed E-state index contributed by atoms with van der Waals surface area (Å²) in [6.07, 6.45) is 3.34. The third-order valence-corrected chi connectivity index (χ3v) is 7.51. The molecule has 0 fully saturated rings. The number of carbonyl (C=O) groups is 3. The van der Waals surface area contributed by atoms with Crippen molar-refractivity contribution in [2.24, 2.45) is 0 Å². The number of carbonyl (C=O) groups excluding carboxylic acids is 3. The number of phenolic OH excluding ortho intramolecular Hbond substituents is 1. The average Bonchev–Trinajstić information content (AvgIpc) is 3.31. The predicted octanol–water partition coefficient (Wildman–Crippen LogP) is 6.95. The van der Waals surface area contributed by atoms with Crippen LogP contribution >= 0.6 is 11.6 Å². The average molecular weight is 624 g/mol. The van der Waals surface area contributed by atoms with E-state index in [-0.39, 0.29) is 24.7 Å². The molecule has 0 spiro atoms. The van der Waals surface area contributed by atoms with Crippen molar-refractivity contribution in [2.75, 3.05) is 13.7 Å². The first-order valence-electron chi connectivity index (χ1n) is 14.1. The van der Waals surface area contributed by atoms with E-state index in [0.29, 0.717) is 45.3 Å². The van der Waals surface area contributed by atoms with Gasteiger partial charge in [0, 0.05) is 34.2 Å². The Kier molecular flexibility index (Phi) is 9.65. The predicted molar refractivity (Wildman–Crippen MR) is 172 cm³/mol. The summed E-state index contributed by atoms with van der Waals surface area (Å²) < 4.78 is 17.9. The first kappa shape index (κ1) is 31.1. The minimum atomic E-state index is -0.533. The molecule has 0 saturated heterocycles. The number of ether oxygens (including phenoxy) is 3. The molecule has 0 aliphatic heterocycles. The Labute approximate surface area is 265 Å². The normalized spacial score (nSPS) is 11.1. The molecule has 45 heavy (non-hydrogen) atoms. The number of benzene rings is 4. The van der Waals surface area contributed by atoms with Crippen LogP contribution in [0.15, 0.2) is 97.1 Å². The van der Waals surface area contributed by atoms with E-state index in [9.17, 15) is 19.5 Å². The fourth-order valence-electron chi connectivity index (χ4n) is 4.90. The highest BCUT2D eigenvalue weighted by Crippen LogP contribution is 2.31. The maximum Gasteiger partial charge on any atom is 0.336 e. The lowest BCUT2D eigenvalue weighted by Crippen LogP contribution is -2.15. The van der Waals surface area contributed by atoms with Crippen molar-refractivity contribution in [1.82, 2.24) is 4.57 Å². The zero-order valence-corrected chi connectivity index (χ0v) is 25.4. The molecule has 0 aliphatic carbocycles. The largest absolute Gasteiger partial charge is 0.508 e. The maximum atomic E-state index is 13.5. The van der Waals surface area contributed by atoms with Gasteiger partial charge in [-0.25, -0.2) is 4.79 Å². The molecular formula is C36H30ClNO7. The van der Waals surface area contributed by atoms with Gasteiger partial charge in [-0.1, -0.05) is 35.9 Å². The van der Waals surface area contributed by atoms with Crippen LogP contribution in [0.2, 0.25) is 5.02 Å². The van der Waals surface area contributed by atoms with Gasteiger partial charge in [-0.05, 0) is 96.4 Å². The molecule has 0 atom stereocenters. The molecule has 5 rings (SSSR count). The number of aromatic hydroxyl groups is 1. The second-order valence-electron chi connectivity index (χ2n) is 10.2. The standard InChI is InChI=1S/C36H30ClNO7/c1-23-31(32-21-30(43-2)16-17-33(32)38(23)36(42)26-8-10-27(37)11-9-26)22-35(41)44-20-19-25-5-14-29(15-6-25)45-34(40)18-7-24-3-12-28(39)13-4-24/h3-18,21,39H,19-20,22H2,1-2H3/b18-7+. The van der Waals surface area contributed by atoms with Crippen LogP contribution in [0.4, 0.5) is 0 Å². The highest BCUT2D eigenvalue weighted by molar-refractivity contribution is 6.30. The zero-order chi connectivity index (χ0) is 31.9. The second-order valence-corrected chi connectivity index (χ2v) is 10.7. The summed E-state index contributed by atoms with van der Waals surface area (Å²) in [6.45, 7) is 1.96. The quantitative estimate of drug-likeness (QED) is 0.102. The number of hydrogen-bond donors (Lipinski definition) is 1. The van der Waals surface area contributed by atoms with Crippen molar-refractivity contribution in [3.63, 3.8) is 0 Å². The van der Waals surface area contributed by atoms with E-state index in [4.69, 9.17) is 25.8 Å². The molecule has 9 heteroatoms. The van der Waals surface area contributed by atoms with E-state index in [0.717, 1.165) is 16.5 Å². The number of hydrogen-bond acceptors (Lipinski definition) is 7. The zero-order valence-electron chi connectivity index (χ0n) is 24.7.